The van der Waals surface area contributed by atoms with E-state index in [1.54, 1.807) is 18.2 Å². The van der Waals surface area contributed by atoms with E-state index >= 15 is 0 Å². The van der Waals surface area contributed by atoms with E-state index in [1.165, 1.54) is 24.3 Å². The summed E-state index contributed by atoms with van der Waals surface area (Å²) in [6.45, 7) is 7.41. The number of aromatic hydroxyl groups is 2. The summed E-state index contributed by atoms with van der Waals surface area (Å²) in [4.78, 5) is 58.6. The molecule has 0 bridgehead atoms. The standard InChI is InChI=1S/C32H31N5O5S.5C2H4O2/c33-12-13-35-17-19(34)14-18-4-6-20(7-5-18)36-31(43)37-26-3-1-2-25-29(26)30(40)42-32(25)23-10-8-21(38)15-27(23)41-28-16-22(39)9-11-24(28)32;5*1-2(3)4/h1-11,15-16,19,35,38-39H,12-14,17,33-34H2,(H2,36,37,43);5*1H3,(H,3,4). The molecule has 0 aliphatic carbocycles. The number of rotatable bonds is 8. The summed E-state index contributed by atoms with van der Waals surface area (Å²) in [7, 11) is 0. The molecule has 14 N–H and O–H groups in total. The Morgan fingerprint density at radius 1 is 0.698 bits per heavy atom. The van der Waals surface area contributed by atoms with Gasteiger partial charge in [-0.05, 0) is 66.7 Å². The molecule has 63 heavy (non-hydrogen) atoms. The highest BCUT2D eigenvalue weighted by atomic mass is 32.1. The monoisotopic (exact) mass is 897 g/mol. The van der Waals surface area contributed by atoms with Crippen LogP contribution in [0.4, 0.5) is 11.4 Å². The predicted octanol–water partition coefficient (Wildman–Crippen LogP) is 4.35. The van der Waals surface area contributed by atoms with Crippen molar-refractivity contribution in [2.45, 2.75) is 52.7 Å². The Bertz CT molecular complexity index is 2090. The maximum atomic E-state index is 13.6. The Labute approximate surface area is 367 Å². The summed E-state index contributed by atoms with van der Waals surface area (Å²) < 4.78 is 12.2. The average Bonchev–Trinajstić information content (AvgIpc) is 3.44. The van der Waals surface area contributed by atoms with Crippen LogP contribution in [-0.4, -0.2) is 102 Å². The van der Waals surface area contributed by atoms with E-state index < -0.39 is 41.4 Å². The number of phenolic OH excluding ortho intramolecular Hbond substituents is 2. The number of fused-ring (bicyclic) bond motifs is 6. The van der Waals surface area contributed by atoms with Crippen LogP contribution in [0, 0.1) is 0 Å². The maximum Gasteiger partial charge on any atom is 0.342 e. The number of anilines is 2. The molecule has 1 atom stereocenters. The molecule has 2 aliphatic rings. The molecule has 0 aromatic heterocycles. The molecule has 0 fully saturated rings. The van der Waals surface area contributed by atoms with Crippen molar-refractivity contribution in [2.24, 2.45) is 11.5 Å². The SMILES string of the molecule is CC(=O)O.CC(=O)O.CC(=O)O.CC(=O)O.CC(=O)O.NCCNCC(N)Cc1ccc(NC(=S)Nc2cccc3c2C(=O)OC32c3ccc(O)cc3Oc3cc(O)ccc32)cc1. The van der Waals surface area contributed by atoms with Crippen LogP contribution in [0.1, 0.15) is 67.2 Å². The Morgan fingerprint density at radius 2 is 1.16 bits per heavy atom. The van der Waals surface area contributed by atoms with Gasteiger partial charge in [0.25, 0.3) is 29.8 Å². The van der Waals surface area contributed by atoms with Crippen LogP contribution in [0.25, 0.3) is 0 Å². The van der Waals surface area contributed by atoms with Gasteiger partial charge >= 0.3 is 5.97 Å². The number of nitrogens with two attached hydrogens (primary N) is 2. The molecule has 1 spiro atoms. The van der Waals surface area contributed by atoms with Gasteiger partial charge in [-0.2, -0.15) is 0 Å². The van der Waals surface area contributed by atoms with Gasteiger partial charge in [0, 0.05) is 94.8 Å². The molecule has 20 nitrogen and oxygen atoms in total. The molecule has 2 aliphatic heterocycles. The van der Waals surface area contributed by atoms with E-state index in [9.17, 15) is 15.0 Å². The Morgan fingerprint density at radius 3 is 1.60 bits per heavy atom. The van der Waals surface area contributed by atoms with Gasteiger partial charge in [-0.3, -0.25) is 24.0 Å². The Kier molecular flexibility index (Phi) is 22.2. The summed E-state index contributed by atoms with van der Waals surface area (Å²) in [6.07, 6.45) is 0.719. The van der Waals surface area contributed by atoms with E-state index in [0.29, 0.717) is 57.6 Å². The lowest BCUT2D eigenvalue weighted by molar-refractivity contribution is -0.135. The number of esters is 1. The van der Waals surface area contributed by atoms with Crippen molar-refractivity contribution >= 4 is 64.5 Å². The fraction of sp³-hybridized carbons (Fsp3) is 0.262. The summed E-state index contributed by atoms with van der Waals surface area (Å²) in [5, 5.41) is 67.2. The van der Waals surface area contributed by atoms with Crippen molar-refractivity contribution in [3.8, 4) is 23.0 Å². The molecular formula is C42H51N5O15S. The lowest BCUT2D eigenvalue weighted by atomic mass is 9.77. The van der Waals surface area contributed by atoms with Gasteiger partial charge in [-0.25, -0.2) is 4.79 Å². The van der Waals surface area contributed by atoms with E-state index in [4.69, 9.17) is 82.7 Å². The third kappa shape index (κ3) is 18.4. The summed E-state index contributed by atoms with van der Waals surface area (Å²) in [6, 6.07) is 22.4. The van der Waals surface area contributed by atoms with Gasteiger partial charge in [0.1, 0.15) is 23.0 Å². The fourth-order valence-electron chi connectivity index (χ4n) is 5.62. The van der Waals surface area contributed by atoms with Crippen LogP contribution in [0.3, 0.4) is 0 Å². The average molecular weight is 898 g/mol. The lowest BCUT2D eigenvalue weighted by Crippen LogP contribution is -2.37. The first-order chi connectivity index (χ1) is 29.4. The Hall–Kier alpha value is -7.33. The number of carbonyl (C=O) groups is 6. The number of thiocarbonyl (C=S) groups is 1. The minimum atomic E-state index is -1.36. The quantitative estimate of drug-likeness (QED) is 0.0664. The number of hydrogen-bond donors (Lipinski definition) is 12. The molecule has 6 rings (SSSR count). The number of carboxylic acids is 5. The molecule has 4 aromatic rings. The van der Waals surface area contributed by atoms with Crippen molar-refractivity contribution in [3.63, 3.8) is 0 Å². The van der Waals surface area contributed by atoms with Gasteiger partial charge < -0.3 is 72.6 Å². The molecule has 0 amide bonds. The number of ether oxygens (including phenoxy) is 2. The van der Waals surface area contributed by atoms with Crippen molar-refractivity contribution < 1.29 is 74.0 Å². The molecule has 340 valence electrons. The molecule has 4 aromatic carbocycles. The second-order valence-corrected chi connectivity index (χ2v) is 13.5. The van der Waals surface area contributed by atoms with Crippen LogP contribution in [0.2, 0.25) is 0 Å². The highest BCUT2D eigenvalue weighted by Crippen LogP contribution is 2.57. The van der Waals surface area contributed by atoms with Crippen LogP contribution >= 0.6 is 12.2 Å². The normalized spacial score (nSPS) is 12.0. The van der Waals surface area contributed by atoms with Crippen LogP contribution in [-0.2, 0) is 40.7 Å². The number of carboxylic acid groups (broad SMARTS) is 5. The smallest absolute Gasteiger partial charge is 0.342 e. The highest BCUT2D eigenvalue weighted by molar-refractivity contribution is 7.80. The summed E-state index contributed by atoms with van der Waals surface area (Å²) in [5.74, 6) is -4.12. The second-order valence-electron chi connectivity index (χ2n) is 13.1. The first-order valence-corrected chi connectivity index (χ1v) is 18.9. The minimum Gasteiger partial charge on any atom is -0.508 e. The van der Waals surface area contributed by atoms with Crippen LogP contribution < -0.4 is 32.2 Å². The molecule has 0 radical (unpaired) electrons. The summed E-state index contributed by atoms with van der Waals surface area (Å²) >= 11 is 5.60. The van der Waals surface area contributed by atoms with E-state index in [-0.39, 0.29) is 17.5 Å². The van der Waals surface area contributed by atoms with E-state index in [2.05, 4.69) is 16.0 Å². The number of phenols is 2. The van der Waals surface area contributed by atoms with Gasteiger partial charge in [-0.15, -0.1) is 0 Å². The third-order valence-electron chi connectivity index (χ3n) is 7.49. The number of benzene rings is 4. The zero-order chi connectivity index (χ0) is 48.0. The molecule has 2 heterocycles. The predicted molar refractivity (Wildman–Crippen MR) is 234 cm³/mol. The zero-order valence-corrected chi connectivity index (χ0v) is 35.7. The molecular weight excluding hydrogens is 847 g/mol. The maximum absolute atomic E-state index is 13.6. The van der Waals surface area contributed by atoms with Gasteiger partial charge in [0.15, 0.2) is 10.7 Å². The lowest BCUT2D eigenvalue weighted by Gasteiger charge is -2.36. The number of carbonyl (C=O) groups excluding carboxylic acids is 1. The number of hydrogen-bond acceptors (Lipinski definition) is 14. The van der Waals surface area contributed by atoms with E-state index in [0.717, 1.165) is 58.8 Å². The molecule has 21 heteroatoms. The fourth-order valence-corrected chi connectivity index (χ4v) is 5.85. The first-order valence-electron chi connectivity index (χ1n) is 18.5. The topological polar surface area (TPSA) is 351 Å². The van der Waals surface area contributed by atoms with Crippen LogP contribution in [0.5, 0.6) is 23.0 Å². The van der Waals surface area contributed by atoms with Crippen molar-refractivity contribution in [1.82, 2.24) is 5.32 Å². The van der Waals surface area contributed by atoms with Gasteiger partial charge in [0.05, 0.1) is 11.3 Å². The van der Waals surface area contributed by atoms with Gasteiger partial charge in [0.2, 0.25) is 0 Å². The largest absolute Gasteiger partial charge is 0.508 e. The molecule has 0 saturated carbocycles. The minimum absolute atomic E-state index is 0.00992. The summed E-state index contributed by atoms with van der Waals surface area (Å²) in [5.41, 5.74) is 14.7. The van der Waals surface area contributed by atoms with Crippen molar-refractivity contribution in [1.29, 1.82) is 0 Å². The highest BCUT2D eigenvalue weighted by Gasteiger charge is 2.54. The van der Waals surface area contributed by atoms with Gasteiger partial charge in [-0.1, -0.05) is 24.3 Å². The van der Waals surface area contributed by atoms with Crippen molar-refractivity contribution in [2.75, 3.05) is 30.3 Å². The second kappa shape index (κ2) is 26.1. The Balaban J connectivity index is 0.000000836. The number of nitrogens with one attached hydrogen (secondary N) is 3. The zero-order valence-electron chi connectivity index (χ0n) is 34.9. The van der Waals surface area contributed by atoms with E-state index in [1.807, 2.05) is 36.4 Å². The van der Waals surface area contributed by atoms with Crippen molar-refractivity contribution in [3.05, 3.63) is 107 Å². The third-order valence-corrected chi connectivity index (χ3v) is 7.69. The van der Waals surface area contributed by atoms with Crippen LogP contribution in [0.15, 0.2) is 78.9 Å². The molecule has 1 unspecified atom stereocenters. The number of aliphatic carboxylic acids is 5. The molecule has 0 saturated heterocycles. The first kappa shape index (κ1) is 53.7.